The molecule has 1 amide bonds. The fourth-order valence-corrected chi connectivity index (χ4v) is 2.06. The maximum Gasteiger partial charge on any atom is 0.325 e. The lowest BCUT2D eigenvalue weighted by Crippen LogP contribution is -2.23. The lowest BCUT2D eigenvalue weighted by molar-refractivity contribution is 0.0749. The summed E-state index contributed by atoms with van der Waals surface area (Å²) in [4.78, 5) is 11.7. The van der Waals surface area contributed by atoms with Crippen LogP contribution >= 0.6 is 0 Å². The van der Waals surface area contributed by atoms with Crippen LogP contribution in [0.5, 0.6) is 0 Å². The van der Waals surface area contributed by atoms with Gasteiger partial charge >= 0.3 is 6.03 Å². The highest BCUT2D eigenvalue weighted by Crippen LogP contribution is 2.20. The number of hydrogen-bond donors (Lipinski definition) is 3. The summed E-state index contributed by atoms with van der Waals surface area (Å²) >= 11 is 0. The molecule has 0 unspecified atom stereocenters. The van der Waals surface area contributed by atoms with Gasteiger partial charge in [-0.1, -0.05) is 0 Å². The Morgan fingerprint density at radius 1 is 1.35 bits per heavy atom. The van der Waals surface area contributed by atoms with Gasteiger partial charge in [0.15, 0.2) is 0 Å². The van der Waals surface area contributed by atoms with E-state index >= 15 is 0 Å². The van der Waals surface area contributed by atoms with Crippen LogP contribution in [0.4, 0.5) is 10.5 Å². The number of amides is 1. The Hall–Kier alpha value is -2.01. The average Bonchev–Trinajstić information content (AvgIpc) is 2.79. The lowest BCUT2D eigenvalue weighted by atomic mass is 10.1. The number of aliphatic hydroxyl groups is 1. The Kier molecular flexibility index (Phi) is 3.99. The molecule has 1 aromatic carbocycles. The van der Waals surface area contributed by atoms with E-state index in [0.717, 1.165) is 16.6 Å². The molecule has 0 saturated heterocycles. The molecule has 2 rings (SSSR count). The van der Waals surface area contributed by atoms with Gasteiger partial charge in [-0.2, -0.15) is 0 Å². The van der Waals surface area contributed by atoms with Crippen molar-refractivity contribution in [3.8, 4) is 0 Å². The largest absolute Gasteiger partial charge is 0.390 e. The molecular formula is C15H21N3O2. The highest BCUT2D eigenvalue weighted by molar-refractivity contribution is 5.93. The summed E-state index contributed by atoms with van der Waals surface area (Å²) in [5, 5.41) is 16.6. The number of nitrogens with zero attached hydrogens (tertiary/aromatic N) is 1. The van der Waals surface area contributed by atoms with Crippen LogP contribution in [0, 0.1) is 0 Å². The summed E-state index contributed by atoms with van der Waals surface area (Å²) in [5.74, 6) is 0. The normalized spacial score (nSPS) is 11.6. The van der Waals surface area contributed by atoms with Gasteiger partial charge in [0, 0.05) is 30.9 Å². The van der Waals surface area contributed by atoms with E-state index in [1.54, 1.807) is 31.7 Å². The van der Waals surface area contributed by atoms with Crippen LogP contribution < -0.4 is 10.6 Å². The fourth-order valence-electron chi connectivity index (χ4n) is 2.06. The van der Waals surface area contributed by atoms with Gasteiger partial charge in [-0.25, -0.2) is 4.79 Å². The first kappa shape index (κ1) is 14.4. The van der Waals surface area contributed by atoms with Crippen LogP contribution in [0.3, 0.4) is 0 Å². The molecule has 0 bridgehead atoms. The Balaban J connectivity index is 2.13. The molecule has 0 aliphatic heterocycles. The molecule has 0 radical (unpaired) electrons. The first-order valence-corrected chi connectivity index (χ1v) is 6.70. The topological polar surface area (TPSA) is 66.3 Å². The average molecular weight is 275 g/mol. The van der Waals surface area contributed by atoms with Gasteiger partial charge in [0.1, 0.15) is 0 Å². The second kappa shape index (κ2) is 5.54. The van der Waals surface area contributed by atoms with Crippen molar-refractivity contribution in [2.75, 3.05) is 18.9 Å². The van der Waals surface area contributed by atoms with E-state index < -0.39 is 5.60 Å². The van der Waals surface area contributed by atoms with E-state index in [0.29, 0.717) is 13.0 Å². The van der Waals surface area contributed by atoms with E-state index in [9.17, 15) is 9.90 Å². The number of rotatable bonds is 4. The summed E-state index contributed by atoms with van der Waals surface area (Å²) in [6, 6.07) is 7.61. The van der Waals surface area contributed by atoms with Gasteiger partial charge in [0.25, 0.3) is 0 Å². The molecule has 2 aromatic rings. The van der Waals surface area contributed by atoms with Crippen molar-refractivity contribution in [1.82, 2.24) is 9.88 Å². The predicted octanol–water partition coefficient (Wildman–Crippen LogP) is 2.40. The summed E-state index contributed by atoms with van der Waals surface area (Å²) in [6.45, 7) is 4.29. The zero-order chi connectivity index (χ0) is 14.8. The highest BCUT2D eigenvalue weighted by Gasteiger charge is 2.11. The minimum atomic E-state index is -0.667. The summed E-state index contributed by atoms with van der Waals surface area (Å²) in [7, 11) is 1.61. The Morgan fingerprint density at radius 2 is 2.10 bits per heavy atom. The van der Waals surface area contributed by atoms with Crippen LogP contribution in [0.1, 0.15) is 20.3 Å². The summed E-state index contributed by atoms with van der Waals surface area (Å²) in [6.07, 6.45) is 2.43. The number of anilines is 1. The van der Waals surface area contributed by atoms with Crippen LogP contribution in [-0.2, 0) is 0 Å². The van der Waals surface area contributed by atoms with Crippen LogP contribution in [0.2, 0.25) is 0 Å². The van der Waals surface area contributed by atoms with Gasteiger partial charge in [0.2, 0.25) is 0 Å². The number of aromatic nitrogens is 1. The summed E-state index contributed by atoms with van der Waals surface area (Å²) in [5.41, 5.74) is 1.19. The van der Waals surface area contributed by atoms with Gasteiger partial charge in [-0.05, 0) is 44.5 Å². The second-order valence-corrected chi connectivity index (χ2v) is 5.50. The SMILES string of the molecule is CNC(=O)n1ccc2cc(NCCC(C)(C)O)ccc21. The zero-order valence-corrected chi connectivity index (χ0v) is 12.1. The lowest BCUT2D eigenvalue weighted by Gasteiger charge is -2.17. The maximum atomic E-state index is 11.7. The minimum Gasteiger partial charge on any atom is -0.390 e. The Bertz CT molecular complexity index is 611. The Labute approximate surface area is 118 Å². The molecule has 0 saturated carbocycles. The number of benzene rings is 1. The van der Waals surface area contributed by atoms with Crippen molar-refractivity contribution in [3.05, 3.63) is 30.5 Å². The molecule has 1 aromatic heterocycles. The van der Waals surface area contributed by atoms with E-state index in [1.807, 2.05) is 24.3 Å². The van der Waals surface area contributed by atoms with Crippen molar-refractivity contribution in [2.45, 2.75) is 25.9 Å². The number of fused-ring (bicyclic) bond motifs is 1. The fraction of sp³-hybridized carbons (Fsp3) is 0.400. The Morgan fingerprint density at radius 3 is 2.75 bits per heavy atom. The molecule has 0 fully saturated rings. The molecule has 0 aliphatic carbocycles. The molecule has 0 spiro atoms. The highest BCUT2D eigenvalue weighted by atomic mass is 16.3. The van der Waals surface area contributed by atoms with Crippen molar-refractivity contribution in [3.63, 3.8) is 0 Å². The van der Waals surface area contributed by atoms with Crippen LogP contribution in [-0.4, -0.2) is 34.9 Å². The second-order valence-electron chi connectivity index (χ2n) is 5.50. The van der Waals surface area contributed by atoms with Gasteiger partial charge in [0.05, 0.1) is 11.1 Å². The predicted molar refractivity (Wildman–Crippen MR) is 81.2 cm³/mol. The number of carbonyl (C=O) groups excluding carboxylic acids is 1. The van der Waals surface area contributed by atoms with Crippen LogP contribution in [0.15, 0.2) is 30.5 Å². The van der Waals surface area contributed by atoms with E-state index in [4.69, 9.17) is 0 Å². The third-order valence-electron chi connectivity index (χ3n) is 3.19. The van der Waals surface area contributed by atoms with E-state index in [-0.39, 0.29) is 6.03 Å². The number of nitrogens with one attached hydrogen (secondary N) is 2. The molecule has 0 atom stereocenters. The van der Waals surface area contributed by atoms with E-state index in [1.165, 1.54) is 0 Å². The van der Waals surface area contributed by atoms with Crippen LogP contribution in [0.25, 0.3) is 10.9 Å². The molecule has 1 heterocycles. The molecule has 5 heteroatoms. The van der Waals surface area contributed by atoms with Gasteiger partial charge < -0.3 is 15.7 Å². The quantitative estimate of drug-likeness (QED) is 0.802. The third kappa shape index (κ3) is 3.30. The van der Waals surface area contributed by atoms with Crippen molar-refractivity contribution in [1.29, 1.82) is 0 Å². The molecule has 108 valence electrons. The van der Waals surface area contributed by atoms with E-state index in [2.05, 4.69) is 10.6 Å². The van der Waals surface area contributed by atoms with Gasteiger partial charge in [-0.15, -0.1) is 0 Å². The van der Waals surface area contributed by atoms with Crippen molar-refractivity contribution >= 4 is 22.6 Å². The monoisotopic (exact) mass is 275 g/mol. The molecule has 3 N–H and O–H groups in total. The maximum absolute atomic E-state index is 11.7. The first-order chi connectivity index (χ1) is 9.40. The number of hydrogen-bond acceptors (Lipinski definition) is 3. The summed E-state index contributed by atoms with van der Waals surface area (Å²) < 4.78 is 1.58. The first-order valence-electron chi connectivity index (χ1n) is 6.70. The molecule has 5 nitrogen and oxygen atoms in total. The van der Waals surface area contributed by atoms with Crippen molar-refractivity contribution < 1.29 is 9.90 Å². The number of carbonyl (C=O) groups is 1. The smallest absolute Gasteiger partial charge is 0.325 e. The minimum absolute atomic E-state index is 0.150. The third-order valence-corrected chi connectivity index (χ3v) is 3.19. The molecular weight excluding hydrogens is 254 g/mol. The molecule has 0 aliphatic rings. The molecule has 20 heavy (non-hydrogen) atoms. The zero-order valence-electron chi connectivity index (χ0n) is 12.1. The van der Waals surface area contributed by atoms with Crippen molar-refractivity contribution in [2.24, 2.45) is 0 Å². The van der Waals surface area contributed by atoms with Gasteiger partial charge in [-0.3, -0.25) is 4.57 Å². The standard InChI is InChI=1S/C15H21N3O2/c1-15(2,20)7-8-17-12-4-5-13-11(10-12)6-9-18(13)14(19)16-3/h4-6,9-10,17,20H,7-8H2,1-3H3,(H,16,19).